The maximum atomic E-state index is 13.2. The van der Waals surface area contributed by atoms with Crippen molar-refractivity contribution in [2.24, 2.45) is 0 Å². The summed E-state index contributed by atoms with van der Waals surface area (Å²) >= 11 is 0. The molecule has 1 aromatic rings. The molecular weight excluding hydrogens is 190 g/mol. The Labute approximate surface area is 79.1 Å². The third-order valence-electron chi connectivity index (χ3n) is 2.20. The van der Waals surface area contributed by atoms with Crippen molar-refractivity contribution in [3.05, 3.63) is 29.6 Å². The van der Waals surface area contributed by atoms with Crippen LogP contribution >= 0.6 is 0 Å². The van der Waals surface area contributed by atoms with Crippen molar-refractivity contribution in [1.29, 1.82) is 0 Å². The summed E-state index contributed by atoms with van der Waals surface area (Å²) in [5.74, 6) is -1.78. The van der Waals surface area contributed by atoms with Crippen molar-refractivity contribution in [2.75, 3.05) is 6.54 Å². The average Bonchev–Trinajstić information content (AvgIpc) is 2.56. The van der Waals surface area contributed by atoms with Crippen molar-refractivity contribution in [1.82, 2.24) is 10.3 Å². The summed E-state index contributed by atoms with van der Waals surface area (Å²) in [6.07, 6.45) is 0.174. The second-order valence-electron chi connectivity index (χ2n) is 3.21. The lowest BCUT2D eigenvalue weighted by Gasteiger charge is -2.06. The van der Waals surface area contributed by atoms with Crippen molar-refractivity contribution in [3.63, 3.8) is 0 Å². The van der Waals surface area contributed by atoms with E-state index in [1.54, 1.807) is 0 Å². The quantitative estimate of drug-likeness (QED) is 0.683. The number of aromatic nitrogens is 1. The summed E-state index contributed by atoms with van der Waals surface area (Å²) in [5, 5.41) is 2.55. The van der Waals surface area contributed by atoms with Gasteiger partial charge in [0, 0.05) is 18.9 Å². The number of rotatable bonds is 1. The third-order valence-corrected chi connectivity index (χ3v) is 2.20. The van der Waals surface area contributed by atoms with E-state index >= 15 is 0 Å². The van der Waals surface area contributed by atoms with Crippen molar-refractivity contribution < 1.29 is 13.6 Å². The lowest BCUT2D eigenvalue weighted by molar-refractivity contribution is -0.119. The largest absolute Gasteiger partial charge is 0.355 e. The second-order valence-corrected chi connectivity index (χ2v) is 3.21. The molecular formula is C9H8F2N2O. The highest BCUT2D eigenvalue weighted by Gasteiger charge is 2.26. The molecule has 1 aliphatic heterocycles. The van der Waals surface area contributed by atoms with Crippen LogP contribution in [0.3, 0.4) is 0 Å². The average molecular weight is 198 g/mol. The zero-order valence-corrected chi connectivity index (χ0v) is 7.26. The molecule has 0 spiro atoms. The van der Waals surface area contributed by atoms with Gasteiger partial charge in [-0.3, -0.25) is 4.79 Å². The first-order valence-corrected chi connectivity index (χ1v) is 4.25. The molecule has 2 heterocycles. The molecule has 1 saturated heterocycles. The molecule has 5 heteroatoms. The fourth-order valence-corrected chi connectivity index (χ4v) is 1.52. The first kappa shape index (κ1) is 9.05. The summed E-state index contributed by atoms with van der Waals surface area (Å²) in [6.45, 7) is 0.326. The Balaban J connectivity index is 2.31. The summed E-state index contributed by atoms with van der Waals surface area (Å²) < 4.78 is 25.9. The van der Waals surface area contributed by atoms with Gasteiger partial charge in [-0.15, -0.1) is 0 Å². The fourth-order valence-electron chi connectivity index (χ4n) is 1.52. The maximum Gasteiger partial charge on any atom is 0.220 e. The van der Waals surface area contributed by atoms with Crippen LogP contribution in [-0.2, 0) is 4.79 Å². The van der Waals surface area contributed by atoms with E-state index in [-0.39, 0.29) is 23.9 Å². The van der Waals surface area contributed by atoms with Crippen molar-refractivity contribution in [2.45, 2.75) is 12.3 Å². The Morgan fingerprint density at radius 1 is 1.43 bits per heavy atom. The molecule has 0 aromatic carbocycles. The Kier molecular flexibility index (Phi) is 2.15. The van der Waals surface area contributed by atoms with E-state index in [0.29, 0.717) is 6.54 Å². The minimum Gasteiger partial charge on any atom is -0.355 e. The van der Waals surface area contributed by atoms with Crippen LogP contribution in [0, 0.1) is 11.8 Å². The van der Waals surface area contributed by atoms with Crippen LogP contribution in [0.5, 0.6) is 0 Å². The van der Waals surface area contributed by atoms with E-state index in [2.05, 4.69) is 10.3 Å². The predicted molar refractivity (Wildman–Crippen MR) is 44.5 cm³/mol. The van der Waals surface area contributed by atoms with Gasteiger partial charge in [-0.1, -0.05) is 0 Å². The van der Waals surface area contributed by atoms with Gasteiger partial charge in [0.15, 0.2) is 0 Å². The number of hydrogen-bond donors (Lipinski definition) is 1. The molecule has 0 bridgehead atoms. The van der Waals surface area contributed by atoms with E-state index in [9.17, 15) is 13.6 Å². The molecule has 0 aliphatic carbocycles. The summed E-state index contributed by atoms with van der Waals surface area (Å²) in [5.41, 5.74) is 0.0309. The summed E-state index contributed by atoms with van der Waals surface area (Å²) in [7, 11) is 0. The Morgan fingerprint density at radius 2 is 2.21 bits per heavy atom. The van der Waals surface area contributed by atoms with Gasteiger partial charge < -0.3 is 5.32 Å². The molecule has 1 aromatic heterocycles. The zero-order valence-electron chi connectivity index (χ0n) is 7.26. The highest BCUT2D eigenvalue weighted by atomic mass is 19.1. The molecule has 74 valence electrons. The molecule has 0 saturated carbocycles. The first-order chi connectivity index (χ1) is 6.66. The SMILES string of the molecule is O=C1CC(c2nc(F)ccc2F)CN1. The number of carbonyl (C=O) groups excluding carboxylic acids is 1. The molecule has 14 heavy (non-hydrogen) atoms. The molecule has 1 aliphatic rings. The van der Waals surface area contributed by atoms with E-state index in [1.165, 1.54) is 0 Å². The number of halogens is 2. The zero-order chi connectivity index (χ0) is 10.1. The molecule has 1 unspecified atom stereocenters. The van der Waals surface area contributed by atoms with Crippen LogP contribution in [-0.4, -0.2) is 17.4 Å². The molecule has 0 radical (unpaired) electrons. The van der Waals surface area contributed by atoms with Gasteiger partial charge >= 0.3 is 0 Å². The first-order valence-electron chi connectivity index (χ1n) is 4.25. The van der Waals surface area contributed by atoms with Gasteiger partial charge in [0.25, 0.3) is 0 Å². The molecule has 1 N–H and O–H groups in total. The van der Waals surface area contributed by atoms with Gasteiger partial charge in [0.2, 0.25) is 11.9 Å². The van der Waals surface area contributed by atoms with Gasteiger partial charge in [0.05, 0.1) is 5.69 Å². The second kappa shape index (κ2) is 3.32. The Bertz CT molecular complexity index is 381. The van der Waals surface area contributed by atoms with Crippen LogP contribution in [0.2, 0.25) is 0 Å². The normalized spacial score (nSPS) is 21.0. The highest BCUT2D eigenvalue weighted by Crippen LogP contribution is 2.23. The fraction of sp³-hybridized carbons (Fsp3) is 0.333. The summed E-state index contributed by atoms with van der Waals surface area (Å²) in [6, 6.07) is 1.99. The molecule has 3 nitrogen and oxygen atoms in total. The number of carbonyl (C=O) groups is 1. The molecule has 1 fully saturated rings. The number of pyridine rings is 1. The van der Waals surface area contributed by atoms with Crippen LogP contribution in [0.1, 0.15) is 18.0 Å². The minimum atomic E-state index is -0.722. The minimum absolute atomic E-state index is 0.0309. The molecule has 2 rings (SSSR count). The van der Waals surface area contributed by atoms with E-state index in [0.717, 1.165) is 12.1 Å². The standard InChI is InChI=1S/C9H8F2N2O/c10-6-1-2-7(11)13-9(6)5-3-8(14)12-4-5/h1-2,5H,3-4H2,(H,12,14). The third kappa shape index (κ3) is 1.57. The Morgan fingerprint density at radius 3 is 2.86 bits per heavy atom. The van der Waals surface area contributed by atoms with Crippen LogP contribution < -0.4 is 5.32 Å². The van der Waals surface area contributed by atoms with Crippen LogP contribution in [0.4, 0.5) is 8.78 Å². The number of nitrogens with one attached hydrogen (secondary N) is 1. The van der Waals surface area contributed by atoms with Crippen LogP contribution in [0.15, 0.2) is 12.1 Å². The van der Waals surface area contributed by atoms with E-state index in [4.69, 9.17) is 0 Å². The lowest BCUT2D eigenvalue weighted by Crippen LogP contribution is -2.14. The summed E-state index contributed by atoms with van der Waals surface area (Å²) in [4.78, 5) is 14.3. The van der Waals surface area contributed by atoms with Gasteiger partial charge in [0.1, 0.15) is 5.82 Å². The lowest BCUT2D eigenvalue weighted by atomic mass is 10.0. The number of nitrogens with zero attached hydrogens (tertiary/aromatic N) is 1. The van der Waals surface area contributed by atoms with Crippen molar-refractivity contribution >= 4 is 5.91 Å². The topological polar surface area (TPSA) is 42.0 Å². The van der Waals surface area contributed by atoms with Crippen molar-refractivity contribution in [3.8, 4) is 0 Å². The smallest absolute Gasteiger partial charge is 0.220 e. The number of hydrogen-bond acceptors (Lipinski definition) is 2. The van der Waals surface area contributed by atoms with Gasteiger partial charge in [-0.05, 0) is 12.1 Å². The van der Waals surface area contributed by atoms with Gasteiger partial charge in [-0.2, -0.15) is 4.39 Å². The predicted octanol–water partition coefficient (Wildman–Crippen LogP) is 0.963. The number of amides is 1. The molecule has 1 amide bonds. The monoisotopic (exact) mass is 198 g/mol. The molecule has 1 atom stereocenters. The highest BCUT2D eigenvalue weighted by molar-refractivity contribution is 5.79. The van der Waals surface area contributed by atoms with Gasteiger partial charge in [-0.25, -0.2) is 9.37 Å². The Hall–Kier alpha value is -1.52. The maximum absolute atomic E-state index is 13.2. The van der Waals surface area contributed by atoms with E-state index < -0.39 is 11.8 Å². The van der Waals surface area contributed by atoms with E-state index in [1.807, 2.05) is 0 Å². The van der Waals surface area contributed by atoms with Crippen LogP contribution in [0.25, 0.3) is 0 Å².